The third-order valence-electron chi connectivity index (χ3n) is 6.57. The minimum absolute atomic E-state index is 0.0835. The van der Waals surface area contributed by atoms with Crippen molar-refractivity contribution in [2.45, 2.75) is 6.61 Å². The molecule has 2 aromatic heterocycles. The first-order valence-electron chi connectivity index (χ1n) is 12.8. The molecule has 0 amide bonds. The number of para-hydroxylation sites is 1. The average molecular weight is 628 g/mol. The topological polar surface area (TPSA) is 88.1 Å². The van der Waals surface area contributed by atoms with Crippen molar-refractivity contribution in [3.63, 3.8) is 0 Å². The molecule has 0 radical (unpaired) electrons. The Hall–Kier alpha value is -4.96. The third-order valence-corrected chi connectivity index (χ3v) is 7.03. The van der Waals surface area contributed by atoms with Crippen LogP contribution in [0.15, 0.2) is 104 Å². The maximum absolute atomic E-state index is 13.8. The molecule has 0 aliphatic heterocycles. The van der Waals surface area contributed by atoms with Crippen LogP contribution in [0.25, 0.3) is 33.5 Å². The van der Waals surface area contributed by atoms with Crippen molar-refractivity contribution in [2.24, 2.45) is 5.10 Å². The zero-order chi connectivity index (χ0) is 29.2. The summed E-state index contributed by atoms with van der Waals surface area (Å²) in [6.07, 6.45) is 1.48. The number of hydrogen-bond donors (Lipinski definition) is 0. The van der Waals surface area contributed by atoms with Crippen LogP contribution in [0.4, 0.5) is 4.39 Å². The van der Waals surface area contributed by atoms with E-state index in [0.717, 1.165) is 5.39 Å². The van der Waals surface area contributed by atoms with Crippen LogP contribution in [0, 0.1) is 5.82 Å². The second kappa shape index (κ2) is 11.5. The fraction of sp³-hybridized carbons (Fsp3) is 0.0938. The van der Waals surface area contributed by atoms with Crippen molar-refractivity contribution in [1.82, 2.24) is 9.66 Å². The molecule has 0 saturated heterocycles. The standard InChI is InChI=1S/C32H23BrFN3O5/c1-39-26-11-6-12-27-24(26)16-29(42-27)31-36-25-10-4-3-9-23(25)32(38)37(31)35-17-20-14-21(33)15-28(40-2)30(20)41-18-19-7-5-8-22(34)13-19/h3-17H,18H2,1-2H3. The van der Waals surface area contributed by atoms with E-state index in [4.69, 9.17) is 23.6 Å². The van der Waals surface area contributed by atoms with Gasteiger partial charge in [0.15, 0.2) is 17.3 Å². The van der Waals surface area contributed by atoms with Crippen molar-refractivity contribution in [1.29, 1.82) is 0 Å². The van der Waals surface area contributed by atoms with Crippen LogP contribution in [0.5, 0.6) is 17.2 Å². The van der Waals surface area contributed by atoms with Gasteiger partial charge in [-0.3, -0.25) is 4.79 Å². The largest absolute Gasteiger partial charge is 0.496 e. The second-order valence-electron chi connectivity index (χ2n) is 9.24. The number of ether oxygens (including phenoxy) is 3. The van der Waals surface area contributed by atoms with E-state index in [-0.39, 0.29) is 23.8 Å². The minimum atomic E-state index is -0.386. The number of aromatic nitrogens is 2. The van der Waals surface area contributed by atoms with E-state index in [1.807, 2.05) is 24.3 Å². The molecule has 10 heteroatoms. The van der Waals surface area contributed by atoms with Gasteiger partial charge in [-0.1, -0.05) is 46.3 Å². The number of methoxy groups -OCH3 is 2. The molecule has 0 bridgehead atoms. The molecule has 0 atom stereocenters. The van der Waals surface area contributed by atoms with Gasteiger partial charge in [0.1, 0.15) is 23.8 Å². The van der Waals surface area contributed by atoms with E-state index >= 15 is 0 Å². The van der Waals surface area contributed by atoms with E-state index < -0.39 is 0 Å². The Labute approximate surface area is 247 Å². The highest BCUT2D eigenvalue weighted by molar-refractivity contribution is 9.10. The van der Waals surface area contributed by atoms with Crippen molar-refractivity contribution in [2.75, 3.05) is 14.2 Å². The average Bonchev–Trinajstić information content (AvgIpc) is 3.44. The number of nitrogens with zero attached hydrogens (tertiary/aromatic N) is 3. The van der Waals surface area contributed by atoms with Crippen LogP contribution in [0.3, 0.4) is 0 Å². The first-order chi connectivity index (χ1) is 20.4. The highest BCUT2D eigenvalue weighted by atomic mass is 79.9. The number of benzene rings is 4. The fourth-order valence-electron chi connectivity index (χ4n) is 4.61. The van der Waals surface area contributed by atoms with Crippen LogP contribution in [0.1, 0.15) is 11.1 Å². The smallest absolute Gasteiger partial charge is 0.282 e. The molecule has 0 saturated carbocycles. The normalized spacial score (nSPS) is 11.4. The predicted molar refractivity (Wildman–Crippen MR) is 162 cm³/mol. The van der Waals surface area contributed by atoms with Gasteiger partial charge in [-0.05, 0) is 60.2 Å². The van der Waals surface area contributed by atoms with Crippen LogP contribution in [-0.4, -0.2) is 30.1 Å². The molecule has 0 N–H and O–H groups in total. The summed E-state index contributed by atoms with van der Waals surface area (Å²) in [6, 6.07) is 23.9. The van der Waals surface area contributed by atoms with E-state index in [1.54, 1.807) is 55.6 Å². The summed E-state index contributed by atoms with van der Waals surface area (Å²) < 4.78 is 38.9. The molecule has 0 fully saturated rings. The summed E-state index contributed by atoms with van der Waals surface area (Å²) in [5.74, 6) is 1.60. The van der Waals surface area contributed by atoms with Gasteiger partial charge < -0.3 is 18.6 Å². The number of fused-ring (bicyclic) bond motifs is 2. The van der Waals surface area contributed by atoms with E-state index in [0.29, 0.717) is 55.1 Å². The molecule has 0 spiro atoms. The number of rotatable bonds is 8. The number of halogens is 2. The van der Waals surface area contributed by atoms with Crippen LogP contribution in [0.2, 0.25) is 0 Å². The summed E-state index contributed by atoms with van der Waals surface area (Å²) in [6.45, 7) is 0.0835. The predicted octanol–water partition coefficient (Wildman–Crippen LogP) is 7.19. The molecular weight excluding hydrogens is 605 g/mol. The maximum atomic E-state index is 13.8. The molecule has 0 aliphatic rings. The van der Waals surface area contributed by atoms with Gasteiger partial charge >= 0.3 is 0 Å². The molecule has 0 unspecified atom stereocenters. The minimum Gasteiger partial charge on any atom is -0.496 e. The lowest BCUT2D eigenvalue weighted by Gasteiger charge is -2.14. The van der Waals surface area contributed by atoms with E-state index in [2.05, 4.69) is 21.0 Å². The van der Waals surface area contributed by atoms with Gasteiger partial charge in [-0.2, -0.15) is 9.78 Å². The lowest BCUT2D eigenvalue weighted by molar-refractivity contribution is 0.283. The van der Waals surface area contributed by atoms with Crippen LogP contribution >= 0.6 is 15.9 Å². The molecule has 2 heterocycles. The molecule has 210 valence electrons. The Morgan fingerprint density at radius 1 is 0.952 bits per heavy atom. The summed E-state index contributed by atoms with van der Waals surface area (Å²) >= 11 is 3.50. The fourth-order valence-corrected chi connectivity index (χ4v) is 5.06. The van der Waals surface area contributed by atoms with Gasteiger partial charge in [0.25, 0.3) is 5.56 Å². The highest BCUT2D eigenvalue weighted by Crippen LogP contribution is 2.35. The maximum Gasteiger partial charge on any atom is 0.282 e. The Bertz CT molecular complexity index is 2040. The monoisotopic (exact) mass is 627 g/mol. The number of hydrogen-bond acceptors (Lipinski definition) is 7. The molecule has 4 aromatic carbocycles. The summed E-state index contributed by atoms with van der Waals surface area (Å²) in [5, 5.41) is 5.69. The Morgan fingerprint density at radius 2 is 1.76 bits per heavy atom. The van der Waals surface area contributed by atoms with E-state index in [9.17, 15) is 9.18 Å². The zero-order valence-corrected chi connectivity index (χ0v) is 24.1. The highest BCUT2D eigenvalue weighted by Gasteiger charge is 2.19. The van der Waals surface area contributed by atoms with Crippen LogP contribution < -0.4 is 19.8 Å². The Morgan fingerprint density at radius 3 is 2.57 bits per heavy atom. The first kappa shape index (κ1) is 27.2. The second-order valence-corrected chi connectivity index (χ2v) is 10.2. The Kier molecular flexibility index (Phi) is 7.45. The summed E-state index contributed by atoms with van der Waals surface area (Å²) in [5.41, 5.74) is 1.84. The van der Waals surface area contributed by atoms with Crippen LogP contribution in [-0.2, 0) is 6.61 Å². The van der Waals surface area contributed by atoms with Crippen molar-refractivity contribution in [3.8, 4) is 28.8 Å². The van der Waals surface area contributed by atoms with Crippen molar-refractivity contribution < 1.29 is 23.0 Å². The lowest BCUT2D eigenvalue weighted by Crippen LogP contribution is -2.20. The molecule has 6 aromatic rings. The third kappa shape index (κ3) is 5.24. The van der Waals surface area contributed by atoms with Crippen molar-refractivity contribution in [3.05, 3.63) is 117 Å². The quantitative estimate of drug-likeness (QED) is 0.166. The summed E-state index contributed by atoms with van der Waals surface area (Å²) in [4.78, 5) is 18.5. The van der Waals surface area contributed by atoms with Gasteiger partial charge in [0.05, 0.1) is 36.7 Å². The first-order valence-corrected chi connectivity index (χ1v) is 13.6. The lowest BCUT2D eigenvalue weighted by atomic mass is 10.2. The van der Waals surface area contributed by atoms with Gasteiger partial charge in [0.2, 0.25) is 5.82 Å². The molecule has 6 rings (SSSR count). The molecule has 42 heavy (non-hydrogen) atoms. The zero-order valence-electron chi connectivity index (χ0n) is 22.5. The van der Waals surface area contributed by atoms with Gasteiger partial charge in [0, 0.05) is 10.0 Å². The molecular formula is C32H23BrFN3O5. The Balaban J connectivity index is 1.49. The number of furan rings is 1. The van der Waals surface area contributed by atoms with Gasteiger partial charge in [-0.15, -0.1) is 0 Å². The molecule has 0 aliphatic carbocycles. The molecule has 8 nitrogen and oxygen atoms in total. The van der Waals surface area contributed by atoms with E-state index in [1.165, 1.54) is 30.1 Å². The van der Waals surface area contributed by atoms with Crippen molar-refractivity contribution >= 4 is 44.0 Å². The van der Waals surface area contributed by atoms with Gasteiger partial charge in [-0.25, -0.2) is 9.37 Å². The summed E-state index contributed by atoms with van der Waals surface area (Å²) in [7, 11) is 3.10. The SMILES string of the molecule is COc1cc(Br)cc(C=Nn2c(-c3cc4c(OC)cccc4o3)nc3ccccc3c2=O)c1OCc1cccc(F)c1.